The van der Waals surface area contributed by atoms with Gasteiger partial charge in [-0.15, -0.1) is 0 Å². The van der Waals surface area contributed by atoms with Crippen LogP contribution in [-0.2, 0) is 4.74 Å². The van der Waals surface area contributed by atoms with Crippen molar-refractivity contribution in [2.45, 2.75) is 31.4 Å². The number of hydrogen-bond donors (Lipinski definition) is 1. The van der Waals surface area contributed by atoms with Gasteiger partial charge in [0.2, 0.25) is 0 Å². The van der Waals surface area contributed by atoms with E-state index < -0.39 is 0 Å². The Labute approximate surface area is 102 Å². The summed E-state index contributed by atoms with van der Waals surface area (Å²) < 4.78 is 11.1. The number of methoxy groups -OCH3 is 1. The molecule has 4 heteroatoms. The zero-order valence-corrected chi connectivity index (χ0v) is 10.7. The van der Waals surface area contributed by atoms with Crippen molar-refractivity contribution in [3.63, 3.8) is 0 Å². The van der Waals surface area contributed by atoms with E-state index in [0.717, 1.165) is 30.8 Å². The molecule has 0 amide bonds. The quantitative estimate of drug-likeness (QED) is 0.867. The Balaban J connectivity index is 2.27. The molecule has 2 unspecified atom stereocenters. The molecule has 0 aliphatic carbocycles. The molecule has 1 saturated heterocycles. The number of aromatic nitrogens is 1. The van der Waals surface area contributed by atoms with Crippen LogP contribution in [0, 0.1) is 0 Å². The lowest BCUT2D eigenvalue weighted by molar-refractivity contribution is -0.0106. The summed E-state index contributed by atoms with van der Waals surface area (Å²) in [6, 6.07) is 2.16. The fourth-order valence-corrected chi connectivity index (χ4v) is 2.56. The van der Waals surface area contributed by atoms with Gasteiger partial charge in [-0.25, -0.2) is 0 Å². The van der Waals surface area contributed by atoms with Crippen molar-refractivity contribution < 1.29 is 9.47 Å². The van der Waals surface area contributed by atoms with Gasteiger partial charge in [-0.3, -0.25) is 4.98 Å². The molecule has 1 aromatic rings. The maximum Gasteiger partial charge on any atom is 0.137 e. The largest absolute Gasteiger partial charge is 0.495 e. The molecule has 0 saturated carbocycles. The van der Waals surface area contributed by atoms with Crippen molar-refractivity contribution >= 4 is 0 Å². The first-order valence-electron chi connectivity index (χ1n) is 6.00. The Morgan fingerprint density at radius 1 is 1.53 bits per heavy atom. The smallest absolute Gasteiger partial charge is 0.137 e. The monoisotopic (exact) mass is 236 g/mol. The average molecular weight is 236 g/mol. The molecule has 1 aromatic heterocycles. The summed E-state index contributed by atoms with van der Waals surface area (Å²) in [6.07, 6.45) is 5.77. The van der Waals surface area contributed by atoms with Crippen molar-refractivity contribution in [3.8, 4) is 5.75 Å². The lowest BCUT2D eigenvalue weighted by atomic mass is 9.88. The maximum atomic E-state index is 5.89. The van der Waals surface area contributed by atoms with Gasteiger partial charge in [-0.2, -0.15) is 0 Å². The number of pyridine rings is 1. The summed E-state index contributed by atoms with van der Waals surface area (Å²) in [7, 11) is 3.61. The van der Waals surface area contributed by atoms with E-state index in [1.54, 1.807) is 13.3 Å². The number of nitrogens with zero attached hydrogens (tertiary/aromatic N) is 1. The Bertz CT molecular complexity index is 375. The topological polar surface area (TPSA) is 43.4 Å². The molecule has 94 valence electrons. The third kappa shape index (κ3) is 2.42. The van der Waals surface area contributed by atoms with E-state index in [1.807, 2.05) is 19.3 Å². The fourth-order valence-electron chi connectivity index (χ4n) is 2.56. The number of ether oxygens (including phenoxy) is 2. The normalized spacial score (nSPS) is 25.8. The van der Waals surface area contributed by atoms with E-state index in [2.05, 4.69) is 17.2 Å². The Kier molecular flexibility index (Phi) is 3.64. The van der Waals surface area contributed by atoms with E-state index in [0.29, 0.717) is 0 Å². The van der Waals surface area contributed by atoms with Crippen molar-refractivity contribution in [1.82, 2.24) is 10.3 Å². The second-order valence-corrected chi connectivity index (χ2v) is 4.64. The molecular formula is C13H20N2O2. The zero-order chi connectivity index (χ0) is 12.3. The fraction of sp³-hybridized carbons (Fsp3) is 0.615. The number of hydrogen-bond acceptors (Lipinski definition) is 4. The number of rotatable bonds is 4. The van der Waals surface area contributed by atoms with Crippen LogP contribution in [0.2, 0.25) is 0 Å². The van der Waals surface area contributed by atoms with E-state index in [9.17, 15) is 0 Å². The third-order valence-corrected chi connectivity index (χ3v) is 3.45. The first-order valence-corrected chi connectivity index (χ1v) is 6.00. The summed E-state index contributed by atoms with van der Waals surface area (Å²) in [5.41, 5.74) is 0.958. The Morgan fingerprint density at radius 2 is 2.35 bits per heavy atom. The Hall–Kier alpha value is -1.13. The van der Waals surface area contributed by atoms with Crippen LogP contribution in [0.15, 0.2) is 18.5 Å². The van der Waals surface area contributed by atoms with Crippen molar-refractivity contribution in [2.75, 3.05) is 20.8 Å². The summed E-state index contributed by atoms with van der Waals surface area (Å²) >= 11 is 0. The first kappa shape index (κ1) is 12.3. The molecule has 2 rings (SSSR count). The molecule has 1 aliphatic rings. The standard InChI is InChI=1S/C13H20N2O2/c1-13(5-4-6-17-13)12(14-2)10-7-11(16-3)9-15-8-10/h7-9,12,14H,4-6H2,1-3H3. The molecular weight excluding hydrogens is 216 g/mol. The summed E-state index contributed by atoms with van der Waals surface area (Å²) in [5.74, 6) is 0.782. The molecule has 0 aromatic carbocycles. The minimum Gasteiger partial charge on any atom is -0.495 e. The van der Waals surface area contributed by atoms with E-state index in [4.69, 9.17) is 9.47 Å². The molecule has 0 radical (unpaired) electrons. The first-order chi connectivity index (χ1) is 8.19. The van der Waals surface area contributed by atoms with Gasteiger partial charge >= 0.3 is 0 Å². The zero-order valence-electron chi connectivity index (χ0n) is 10.7. The van der Waals surface area contributed by atoms with Gasteiger partial charge in [-0.1, -0.05) is 0 Å². The van der Waals surface area contributed by atoms with Crippen LogP contribution in [0.1, 0.15) is 31.4 Å². The molecule has 2 atom stereocenters. The van der Waals surface area contributed by atoms with Gasteiger partial charge in [-0.05, 0) is 38.4 Å². The molecule has 0 bridgehead atoms. The minimum atomic E-state index is -0.150. The van der Waals surface area contributed by atoms with E-state index >= 15 is 0 Å². The minimum absolute atomic E-state index is 0.146. The predicted molar refractivity (Wildman–Crippen MR) is 66.2 cm³/mol. The van der Waals surface area contributed by atoms with Crippen LogP contribution < -0.4 is 10.1 Å². The van der Waals surface area contributed by atoms with Crippen LogP contribution in [-0.4, -0.2) is 31.3 Å². The van der Waals surface area contributed by atoms with Gasteiger partial charge in [0.15, 0.2) is 0 Å². The van der Waals surface area contributed by atoms with Crippen LogP contribution in [0.5, 0.6) is 5.75 Å². The highest BCUT2D eigenvalue weighted by molar-refractivity contribution is 5.28. The van der Waals surface area contributed by atoms with E-state index in [1.165, 1.54) is 0 Å². The van der Waals surface area contributed by atoms with Crippen LogP contribution >= 0.6 is 0 Å². The average Bonchev–Trinajstić information content (AvgIpc) is 2.78. The van der Waals surface area contributed by atoms with Crippen LogP contribution in [0.25, 0.3) is 0 Å². The van der Waals surface area contributed by atoms with Gasteiger partial charge in [0, 0.05) is 12.8 Å². The lowest BCUT2D eigenvalue weighted by Gasteiger charge is -2.33. The summed E-state index contributed by atoms with van der Waals surface area (Å²) in [4.78, 5) is 4.21. The second kappa shape index (κ2) is 5.02. The molecule has 0 spiro atoms. The molecule has 1 N–H and O–H groups in total. The highest BCUT2D eigenvalue weighted by Gasteiger charge is 2.38. The highest BCUT2D eigenvalue weighted by atomic mass is 16.5. The van der Waals surface area contributed by atoms with Gasteiger partial charge in [0.25, 0.3) is 0 Å². The van der Waals surface area contributed by atoms with Gasteiger partial charge in [0.1, 0.15) is 5.75 Å². The van der Waals surface area contributed by atoms with Crippen molar-refractivity contribution in [1.29, 1.82) is 0 Å². The molecule has 2 heterocycles. The summed E-state index contributed by atoms with van der Waals surface area (Å²) in [6.45, 7) is 2.99. The molecule has 4 nitrogen and oxygen atoms in total. The second-order valence-electron chi connectivity index (χ2n) is 4.64. The highest BCUT2D eigenvalue weighted by Crippen LogP contribution is 2.37. The van der Waals surface area contributed by atoms with Gasteiger partial charge in [0.05, 0.1) is 24.9 Å². The molecule has 17 heavy (non-hydrogen) atoms. The molecule has 1 aliphatic heterocycles. The third-order valence-electron chi connectivity index (χ3n) is 3.45. The van der Waals surface area contributed by atoms with Gasteiger partial charge < -0.3 is 14.8 Å². The number of likely N-dealkylation sites (N-methyl/N-ethyl adjacent to an activating group) is 1. The van der Waals surface area contributed by atoms with Crippen LogP contribution in [0.3, 0.4) is 0 Å². The summed E-state index contributed by atoms with van der Waals surface area (Å²) in [5, 5.41) is 3.33. The van der Waals surface area contributed by atoms with Crippen molar-refractivity contribution in [2.24, 2.45) is 0 Å². The predicted octanol–water partition coefficient (Wildman–Crippen LogP) is 1.92. The van der Waals surface area contributed by atoms with Crippen LogP contribution in [0.4, 0.5) is 0 Å². The number of nitrogens with one attached hydrogen (secondary N) is 1. The van der Waals surface area contributed by atoms with Crippen molar-refractivity contribution in [3.05, 3.63) is 24.0 Å². The van der Waals surface area contributed by atoms with E-state index in [-0.39, 0.29) is 11.6 Å². The molecule has 1 fully saturated rings. The Morgan fingerprint density at radius 3 is 2.94 bits per heavy atom. The SMILES string of the molecule is CNC(c1cncc(OC)c1)C1(C)CCCO1. The maximum absolute atomic E-state index is 5.89. The lowest BCUT2D eigenvalue weighted by Crippen LogP contribution is -2.39.